The average molecular weight is 441 g/mol. The number of halogens is 3. The number of rotatable bonds is 6. The molecule has 1 aromatic carbocycles. The fourth-order valence-electron chi connectivity index (χ4n) is 3.86. The predicted octanol–water partition coefficient (Wildman–Crippen LogP) is 4.20. The lowest BCUT2D eigenvalue weighted by Crippen LogP contribution is -2.24. The van der Waals surface area contributed by atoms with Crippen LogP contribution < -0.4 is 5.32 Å². The number of carbonyl (C=O) groups excluding carboxylic acids is 1. The van der Waals surface area contributed by atoms with Crippen molar-refractivity contribution < 1.29 is 26.4 Å². The van der Waals surface area contributed by atoms with Crippen LogP contribution in [0.1, 0.15) is 49.1 Å². The van der Waals surface area contributed by atoms with E-state index in [2.05, 4.69) is 15.3 Å². The van der Waals surface area contributed by atoms with Crippen LogP contribution in [0.15, 0.2) is 41.7 Å². The summed E-state index contributed by atoms with van der Waals surface area (Å²) in [4.78, 5) is 19.9. The summed E-state index contributed by atoms with van der Waals surface area (Å²) in [6.45, 7) is 0. The first kappa shape index (κ1) is 22.2. The fraction of sp³-hybridized carbons (Fsp3) is 0.450. The second-order valence-corrected chi connectivity index (χ2v) is 9.53. The van der Waals surface area contributed by atoms with Gasteiger partial charge in [-0.25, -0.2) is 18.4 Å². The summed E-state index contributed by atoms with van der Waals surface area (Å²) in [7, 11) is -4.09. The van der Waals surface area contributed by atoms with Gasteiger partial charge in [-0.2, -0.15) is 13.2 Å². The van der Waals surface area contributed by atoms with E-state index < -0.39 is 38.3 Å². The SMILES string of the molecule is CS(=O)(=O)c1ccc(C(CC2CCCC2)C(=O)Nc2ccncn2)cc1C(F)(F)F. The lowest BCUT2D eigenvalue weighted by molar-refractivity contribution is -0.140. The number of hydrogen-bond donors (Lipinski definition) is 1. The number of carbonyl (C=O) groups is 1. The molecule has 1 atom stereocenters. The molecule has 1 unspecified atom stereocenters. The highest BCUT2D eigenvalue weighted by Crippen LogP contribution is 2.39. The zero-order chi connectivity index (χ0) is 21.9. The third kappa shape index (κ3) is 5.35. The third-order valence-electron chi connectivity index (χ3n) is 5.30. The van der Waals surface area contributed by atoms with Gasteiger partial charge in [0.2, 0.25) is 5.91 Å². The standard InChI is InChI=1S/C20H22F3N3O3S/c1-30(28,29)17-7-6-14(11-16(17)20(21,22)23)15(10-13-4-2-3-5-13)19(27)26-18-8-9-24-12-25-18/h6-9,11-13,15H,2-5,10H2,1H3,(H,24,25,26,27). The molecule has 10 heteroatoms. The summed E-state index contributed by atoms with van der Waals surface area (Å²) in [5, 5.41) is 2.63. The number of anilines is 1. The van der Waals surface area contributed by atoms with Gasteiger partial charge in [-0.15, -0.1) is 0 Å². The van der Waals surface area contributed by atoms with Gasteiger partial charge in [-0.1, -0.05) is 31.7 Å². The highest BCUT2D eigenvalue weighted by Gasteiger charge is 2.38. The van der Waals surface area contributed by atoms with Gasteiger partial charge in [0.05, 0.1) is 16.4 Å². The maximum atomic E-state index is 13.6. The molecular formula is C20H22F3N3O3S. The highest BCUT2D eigenvalue weighted by molar-refractivity contribution is 7.90. The Hall–Kier alpha value is -2.49. The molecule has 1 amide bonds. The van der Waals surface area contributed by atoms with E-state index in [0.29, 0.717) is 6.42 Å². The first-order valence-electron chi connectivity index (χ1n) is 9.54. The Morgan fingerprint density at radius 3 is 2.50 bits per heavy atom. The number of hydrogen-bond acceptors (Lipinski definition) is 5. The van der Waals surface area contributed by atoms with Crippen molar-refractivity contribution in [3.05, 3.63) is 47.9 Å². The first-order chi connectivity index (χ1) is 14.1. The Balaban J connectivity index is 2.00. The smallest absolute Gasteiger partial charge is 0.310 e. The minimum Gasteiger partial charge on any atom is -0.310 e. The van der Waals surface area contributed by atoms with Crippen molar-refractivity contribution in [3.8, 4) is 0 Å². The molecule has 30 heavy (non-hydrogen) atoms. The second kappa shape index (κ2) is 8.71. The third-order valence-corrected chi connectivity index (χ3v) is 6.46. The highest BCUT2D eigenvalue weighted by atomic mass is 32.2. The molecule has 1 N–H and O–H groups in total. The second-order valence-electron chi connectivity index (χ2n) is 7.55. The van der Waals surface area contributed by atoms with Crippen LogP contribution in [0.2, 0.25) is 0 Å². The lowest BCUT2D eigenvalue weighted by atomic mass is 9.86. The zero-order valence-corrected chi connectivity index (χ0v) is 17.1. The molecule has 0 bridgehead atoms. The minimum atomic E-state index is -4.87. The normalized spacial score (nSPS) is 16.4. The van der Waals surface area contributed by atoms with Crippen LogP contribution in [0.5, 0.6) is 0 Å². The predicted molar refractivity (Wildman–Crippen MR) is 105 cm³/mol. The number of alkyl halides is 3. The molecule has 2 aromatic rings. The molecule has 6 nitrogen and oxygen atoms in total. The maximum Gasteiger partial charge on any atom is 0.417 e. The van der Waals surface area contributed by atoms with Crippen molar-refractivity contribution >= 4 is 21.6 Å². The average Bonchev–Trinajstić information content (AvgIpc) is 3.18. The van der Waals surface area contributed by atoms with Gasteiger partial charge in [0.25, 0.3) is 0 Å². The van der Waals surface area contributed by atoms with Gasteiger partial charge in [0, 0.05) is 12.5 Å². The fourth-order valence-corrected chi connectivity index (χ4v) is 4.75. The van der Waals surface area contributed by atoms with E-state index in [0.717, 1.165) is 44.1 Å². The summed E-state index contributed by atoms with van der Waals surface area (Å²) < 4.78 is 64.5. The van der Waals surface area contributed by atoms with E-state index in [1.54, 1.807) is 0 Å². The zero-order valence-electron chi connectivity index (χ0n) is 16.3. The largest absolute Gasteiger partial charge is 0.417 e. The van der Waals surface area contributed by atoms with Crippen molar-refractivity contribution in [2.45, 2.75) is 49.1 Å². The van der Waals surface area contributed by atoms with Crippen molar-refractivity contribution in [3.63, 3.8) is 0 Å². The Kier molecular flexibility index (Phi) is 6.44. The number of nitrogens with one attached hydrogen (secondary N) is 1. The molecule has 1 aliphatic carbocycles. The van der Waals surface area contributed by atoms with Crippen LogP contribution in [0, 0.1) is 5.92 Å². The minimum absolute atomic E-state index is 0.133. The van der Waals surface area contributed by atoms with E-state index in [4.69, 9.17) is 0 Å². The van der Waals surface area contributed by atoms with E-state index in [1.165, 1.54) is 24.7 Å². The van der Waals surface area contributed by atoms with Crippen molar-refractivity contribution in [2.24, 2.45) is 5.92 Å². The van der Waals surface area contributed by atoms with E-state index >= 15 is 0 Å². The Bertz CT molecular complexity index is 1000. The van der Waals surface area contributed by atoms with Crippen LogP contribution in [-0.4, -0.2) is 30.5 Å². The molecule has 1 aromatic heterocycles. The van der Waals surface area contributed by atoms with Crippen molar-refractivity contribution in [2.75, 3.05) is 11.6 Å². The van der Waals surface area contributed by atoms with Crippen LogP contribution >= 0.6 is 0 Å². The van der Waals surface area contributed by atoms with Crippen LogP contribution in [0.3, 0.4) is 0 Å². The number of aromatic nitrogens is 2. The van der Waals surface area contributed by atoms with Crippen LogP contribution in [-0.2, 0) is 20.8 Å². The van der Waals surface area contributed by atoms with Crippen LogP contribution in [0.4, 0.5) is 19.0 Å². The molecule has 1 saturated carbocycles. The Labute approximate surface area is 172 Å². The van der Waals surface area contributed by atoms with Crippen molar-refractivity contribution in [1.29, 1.82) is 0 Å². The lowest BCUT2D eigenvalue weighted by Gasteiger charge is -2.22. The molecular weight excluding hydrogens is 419 g/mol. The Morgan fingerprint density at radius 2 is 1.93 bits per heavy atom. The molecule has 1 heterocycles. The molecule has 0 spiro atoms. The summed E-state index contributed by atoms with van der Waals surface area (Å²) >= 11 is 0. The summed E-state index contributed by atoms with van der Waals surface area (Å²) in [6.07, 6.45) is 2.80. The summed E-state index contributed by atoms with van der Waals surface area (Å²) in [5.74, 6) is -0.885. The summed E-state index contributed by atoms with van der Waals surface area (Å²) in [6, 6.07) is 4.51. The molecule has 162 valence electrons. The first-order valence-corrected chi connectivity index (χ1v) is 11.4. The van der Waals surface area contributed by atoms with Crippen LogP contribution in [0.25, 0.3) is 0 Å². The van der Waals surface area contributed by atoms with E-state index in [1.807, 2.05) is 0 Å². The van der Waals surface area contributed by atoms with E-state index in [9.17, 15) is 26.4 Å². The monoisotopic (exact) mass is 441 g/mol. The molecule has 3 rings (SSSR count). The van der Waals surface area contributed by atoms with E-state index in [-0.39, 0.29) is 17.3 Å². The van der Waals surface area contributed by atoms with Gasteiger partial charge >= 0.3 is 6.18 Å². The van der Waals surface area contributed by atoms with Gasteiger partial charge < -0.3 is 5.32 Å². The Morgan fingerprint density at radius 1 is 1.23 bits per heavy atom. The molecule has 0 saturated heterocycles. The van der Waals surface area contributed by atoms with Crippen molar-refractivity contribution in [1.82, 2.24) is 9.97 Å². The number of amides is 1. The maximum absolute atomic E-state index is 13.6. The van der Waals surface area contributed by atoms with Gasteiger partial charge in [-0.05, 0) is 36.1 Å². The molecule has 1 fully saturated rings. The van der Waals surface area contributed by atoms with Gasteiger partial charge in [0.1, 0.15) is 12.1 Å². The quantitative estimate of drug-likeness (QED) is 0.726. The number of nitrogens with zero attached hydrogens (tertiary/aromatic N) is 2. The topological polar surface area (TPSA) is 89.0 Å². The summed E-state index contributed by atoms with van der Waals surface area (Å²) in [5.41, 5.74) is -1.12. The number of benzene rings is 1. The molecule has 0 radical (unpaired) electrons. The van der Waals surface area contributed by atoms with Gasteiger partial charge in [0.15, 0.2) is 9.84 Å². The molecule has 1 aliphatic rings. The number of sulfone groups is 1. The molecule has 0 aliphatic heterocycles. The van der Waals surface area contributed by atoms with Gasteiger partial charge in [-0.3, -0.25) is 4.79 Å².